The SMILES string of the molecule is C[C@@H]1CC[C@@]2(OC1)O[C@H]1C[C@H]3[C@@H]4CC[C@H]5CC(NC(=O)NCN6CCN(C)CC6)CC[C@]5(C)[C@H]4CC[C@]3(C)[C@H]1[C@@H]2C. The third kappa shape index (κ3) is 4.78. The topological polar surface area (TPSA) is 66.1 Å². The summed E-state index contributed by atoms with van der Waals surface area (Å²) >= 11 is 0. The minimum absolute atomic E-state index is 0.0282. The van der Waals surface area contributed by atoms with Gasteiger partial charge < -0.3 is 25.0 Å². The third-order valence-electron chi connectivity index (χ3n) is 14.3. The highest BCUT2D eigenvalue weighted by Gasteiger charge is 2.69. The number of piperazine rings is 1. The number of likely N-dealkylation sites (N-methyl/N-ethyl adjacent to an activating group) is 1. The molecule has 41 heavy (non-hydrogen) atoms. The standard InChI is InChI=1S/C34H58N4O3/c1-22-8-13-34(40-20-22)23(2)30-29(41-34)19-28-26-7-6-24-18-25(9-11-32(24,3)27(26)10-12-33(28,30)4)36-31(39)35-21-38-16-14-37(5)15-17-38/h22-30H,6-21H2,1-5H3,(H2,35,36,39)/t22-,23+,24+,25?,26-,27+,28+,29+,30+,32+,33+,34-/m1/s1. The van der Waals surface area contributed by atoms with Crippen LogP contribution in [0, 0.1) is 52.3 Å². The predicted molar refractivity (Wildman–Crippen MR) is 161 cm³/mol. The third-order valence-corrected chi connectivity index (χ3v) is 14.3. The highest BCUT2D eigenvalue weighted by Crippen LogP contribution is 2.71. The predicted octanol–water partition coefficient (Wildman–Crippen LogP) is 5.31. The summed E-state index contributed by atoms with van der Waals surface area (Å²) in [7, 11) is 2.17. The lowest BCUT2D eigenvalue weighted by Gasteiger charge is -2.61. The van der Waals surface area contributed by atoms with E-state index in [2.05, 4.69) is 55.2 Å². The van der Waals surface area contributed by atoms with Gasteiger partial charge in [-0.3, -0.25) is 4.90 Å². The van der Waals surface area contributed by atoms with Crippen molar-refractivity contribution in [3.63, 3.8) is 0 Å². The quantitative estimate of drug-likeness (QED) is 0.482. The Morgan fingerprint density at radius 3 is 2.44 bits per heavy atom. The van der Waals surface area contributed by atoms with E-state index in [1.165, 1.54) is 44.9 Å². The number of nitrogens with zero attached hydrogens (tertiary/aromatic N) is 2. The lowest BCUT2D eigenvalue weighted by molar-refractivity contribution is -0.273. The zero-order valence-corrected chi connectivity index (χ0v) is 26.6. The maximum atomic E-state index is 12.8. The van der Waals surface area contributed by atoms with Crippen LogP contribution >= 0.6 is 0 Å². The number of nitrogens with one attached hydrogen (secondary N) is 2. The normalized spacial score (nSPS) is 51.9. The molecule has 4 aliphatic carbocycles. The number of fused-ring (bicyclic) bond motifs is 7. The van der Waals surface area contributed by atoms with Crippen LogP contribution in [0.3, 0.4) is 0 Å². The molecule has 2 N–H and O–H groups in total. The second-order valence-electron chi connectivity index (χ2n) is 16.4. The van der Waals surface area contributed by atoms with Crippen LogP contribution < -0.4 is 10.6 Å². The number of carbonyl (C=O) groups is 1. The fourth-order valence-electron chi connectivity index (χ4n) is 11.8. The van der Waals surface area contributed by atoms with Crippen molar-refractivity contribution >= 4 is 6.03 Å². The first-order valence-electron chi connectivity index (χ1n) is 17.4. The number of carbonyl (C=O) groups excluding carboxylic acids is 1. The Morgan fingerprint density at radius 2 is 1.68 bits per heavy atom. The molecule has 7 nitrogen and oxygen atoms in total. The van der Waals surface area contributed by atoms with Crippen LogP contribution in [0.1, 0.15) is 91.9 Å². The van der Waals surface area contributed by atoms with Gasteiger partial charge in [0.2, 0.25) is 0 Å². The van der Waals surface area contributed by atoms with Crippen molar-refractivity contribution < 1.29 is 14.3 Å². The van der Waals surface area contributed by atoms with Crippen molar-refractivity contribution in [2.45, 2.75) is 110 Å². The largest absolute Gasteiger partial charge is 0.349 e. The van der Waals surface area contributed by atoms with Crippen molar-refractivity contribution in [2.24, 2.45) is 52.3 Å². The number of rotatable bonds is 3. The molecule has 0 radical (unpaired) electrons. The molecule has 0 aromatic carbocycles. The van der Waals surface area contributed by atoms with Gasteiger partial charge in [0.1, 0.15) is 0 Å². The van der Waals surface area contributed by atoms with Crippen LogP contribution in [0.4, 0.5) is 4.79 Å². The lowest BCUT2D eigenvalue weighted by atomic mass is 9.44. The smallest absolute Gasteiger partial charge is 0.316 e. The van der Waals surface area contributed by atoms with Gasteiger partial charge in [-0.2, -0.15) is 0 Å². The summed E-state index contributed by atoms with van der Waals surface area (Å²) in [6, 6.07) is 0.348. The fourth-order valence-corrected chi connectivity index (χ4v) is 11.8. The van der Waals surface area contributed by atoms with Crippen LogP contribution in [0.15, 0.2) is 0 Å². The molecule has 3 heterocycles. The van der Waals surface area contributed by atoms with Gasteiger partial charge in [-0.1, -0.05) is 27.7 Å². The minimum atomic E-state index is -0.307. The maximum Gasteiger partial charge on any atom is 0.316 e. The molecule has 7 heteroatoms. The van der Waals surface area contributed by atoms with E-state index in [1.54, 1.807) is 0 Å². The Morgan fingerprint density at radius 1 is 0.902 bits per heavy atom. The van der Waals surface area contributed by atoms with Crippen molar-refractivity contribution in [3.8, 4) is 0 Å². The molecular formula is C34H58N4O3. The molecule has 2 amide bonds. The van der Waals surface area contributed by atoms with Gasteiger partial charge in [-0.05, 0) is 111 Å². The molecule has 232 valence electrons. The molecule has 1 unspecified atom stereocenters. The molecule has 7 fully saturated rings. The molecule has 4 saturated carbocycles. The summed E-state index contributed by atoms with van der Waals surface area (Å²) in [5.74, 6) is 4.72. The van der Waals surface area contributed by atoms with Crippen LogP contribution in [-0.4, -0.2) is 80.3 Å². The number of ether oxygens (including phenoxy) is 2. The summed E-state index contributed by atoms with van der Waals surface area (Å²) in [5, 5.41) is 6.53. The highest BCUT2D eigenvalue weighted by atomic mass is 16.7. The van der Waals surface area contributed by atoms with Crippen molar-refractivity contribution in [3.05, 3.63) is 0 Å². The average Bonchev–Trinajstić information content (AvgIpc) is 3.40. The van der Waals surface area contributed by atoms with E-state index in [-0.39, 0.29) is 11.8 Å². The Labute approximate surface area is 249 Å². The minimum Gasteiger partial charge on any atom is -0.349 e. The van der Waals surface area contributed by atoms with Gasteiger partial charge in [0.25, 0.3) is 0 Å². The van der Waals surface area contributed by atoms with Crippen molar-refractivity contribution in [1.82, 2.24) is 20.4 Å². The fraction of sp³-hybridized carbons (Fsp3) is 0.971. The molecule has 3 saturated heterocycles. The number of urea groups is 1. The number of amides is 2. The number of hydrogen-bond acceptors (Lipinski definition) is 5. The summed E-state index contributed by atoms with van der Waals surface area (Å²) in [5.41, 5.74) is 0.817. The van der Waals surface area contributed by atoms with Gasteiger partial charge in [0.05, 0.1) is 19.4 Å². The zero-order valence-electron chi connectivity index (χ0n) is 26.6. The second-order valence-corrected chi connectivity index (χ2v) is 16.4. The lowest BCUT2D eigenvalue weighted by Crippen LogP contribution is -2.57. The van der Waals surface area contributed by atoms with Crippen LogP contribution in [-0.2, 0) is 9.47 Å². The summed E-state index contributed by atoms with van der Waals surface area (Å²) < 4.78 is 13.5. The first-order valence-corrected chi connectivity index (χ1v) is 17.4. The van der Waals surface area contributed by atoms with Crippen LogP contribution in [0.25, 0.3) is 0 Å². The maximum absolute atomic E-state index is 12.8. The van der Waals surface area contributed by atoms with Crippen LogP contribution in [0.5, 0.6) is 0 Å². The van der Waals surface area contributed by atoms with Gasteiger partial charge >= 0.3 is 6.03 Å². The van der Waals surface area contributed by atoms with E-state index < -0.39 is 0 Å². The van der Waals surface area contributed by atoms with E-state index in [9.17, 15) is 4.79 Å². The molecule has 1 spiro atoms. The molecule has 12 atom stereocenters. The molecule has 7 aliphatic rings. The first kappa shape index (κ1) is 28.9. The van der Waals surface area contributed by atoms with E-state index >= 15 is 0 Å². The Kier molecular flexibility index (Phi) is 7.48. The first-order chi connectivity index (χ1) is 19.6. The molecule has 0 aromatic heterocycles. The highest BCUT2D eigenvalue weighted by molar-refractivity contribution is 5.74. The molecule has 7 rings (SSSR count). The molecule has 3 aliphatic heterocycles. The summed E-state index contributed by atoms with van der Waals surface area (Å²) in [6.45, 7) is 15.8. The molecule has 0 aromatic rings. The van der Waals surface area contributed by atoms with Crippen molar-refractivity contribution in [1.29, 1.82) is 0 Å². The molecular weight excluding hydrogens is 512 g/mol. The van der Waals surface area contributed by atoms with E-state index in [1.807, 2.05) is 0 Å². The van der Waals surface area contributed by atoms with Gasteiger partial charge in [-0.25, -0.2) is 4.79 Å². The summed E-state index contributed by atoms with van der Waals surface area (Å²) in [4.78, 5) is 17.5. The van der Waals surface area contributed by atoms with E-state index in [4.69, 9.17) is 9.47 Å². The summed E-state index contributed by atoms with van der Waals surface area (Å²) in [6.07, 6.45) is 13.0. The second kappa shape index (κ2) is 10.6. The van der Waals surface area contributed by atoms with E-state index in [0.29, 0.717) is 47.4 Å². The van der Waals surface area contributed by atoms with E-state index in [0.717, 1.165) is 75.7 Å². The monoisotopic (exact) mass is 570 g/mol. The van der Waals surface area contributed by atoms with Crippen LogP contribution in [0.2, 0.25) is 0 Å². The Balaban J connectivity index is 0.964. The van der Waals surface area contributed by atoms with Gasteiger partial charge in [0, 0.05) is 44.6 Å². The Hall–Kier alpha value is -0.890. The molecule has 0 bridgehead atoms. The van der Waals surface area contributed by atoms with Crippen molar-refractivity contribution in [2.75, 3.05) is 46.5 Å². The van der Waals surface area contributed by atoms with Gasteiger partial charge in [0.15, 0.2) is 5.79 Å². The Bertz CT molecular complexity index is 977. The average molecular weight is 571 g/mol. The number of hydrogen-bond donors (Lipinski definition) is 2. The van der Waals surface area contributed by atoms with Gasteiger partial charge in [-0.15, -0.1) is 0 Å². The zero-order chi connectivity index (χ0) is 28.6.